The zero-order chi connectivity index (χ0) is 44.0. The standard InChI is InChI=1S/C54H41B9O/c1-23(55)53-43(44-49(60)46(57)41-42(54(44)64-53)50(61)52(63)51(62)47(41)58)48(59)45(56)35-21-16-30(31-17-12-28-10-8-24-4-2-6-26-14-19-33(31)39(28)37(24)26)22-36(35)32-18-13-29-11-9-25-5-3-7-27-15-20-34(32)40(29)38(25)27/h2-22,56H,55,57-63H2,1H3/b48-43+,53-23-. The van der Waals surface area contributed by atoms with Gasteiger partial charge < -0.3 is 0 Å². The van der Waals surface area contributed by atoms with E-state index in [9.17, 15) is 0 Å². The molecule has 290 valence electrons. The van der Waals surface area contributed by atoms with Crippen LogP contribution in [0.4, 0.5) is 0 Å². The van der Waals surface area contributed by atoms with Crippen molar-refractivity contribution < 1.29 is 4.42 Å². The minimum absolute atomic E-state index is 0.938. The van der Waals surface area contributed by atoms with E-state index in [0.717, 1.165) is 38.2 Å². The van der Waals surface area contributed by atoms with Crippen LogP contribution in [0.25, 0.3) is 120 Å². The van der Waals surface area contributed by atoms with Gasteiger partial charge in [0.05, 0.1) is 0 Å². The molecule has 0 aliphatic heterocycles. The van der Waals surface area contributed by atoms with E-state index in [1.54, 1.807) is 0 Å². The summed E-state index contributed by atoms with van der Waals surface area (Å²) in [6.07, 6.45) is 0. The minimum atomic E-state index is 0.938. The summed E-state index contributed by atoms with van der Waals surface area (Å²) in [5.74, 6) is 0. The molecule has 0 saturated carbocycles. The molecule has 0 aliphatic rings. The van der Waals surface area contributed by atoms with Gasteiger partial charge in [-0.2, -0.15) is 0 Å². The van der Waals surface area contributed by atoms with Crippen molar-refractivity contribution in [3.63, 3.8) is 0 Å². The summed E-state index contributed by atoms with van der Waals surface area (Å²) >= 11 is 0. The summed E-state index contributed by atoms with van der Waals surface area (Å²) in [6.45, 7) is 2.18. The molecule has 0 bridgehead atoms. The summed E-state index contributed by atoms with van der Waals surface area (Å²) in [5.41, 5.74) is 19.0. The van der Waals surface area contributed by atoms with Gasteiger partial charge >= 0.3 is 383 Å². The Hall–Kier alpha value is -6.51. The fourth-order valence-electron chi connectivity index (χ4n) is 11.6. The molecule has 12 aromatic rings. The average Bonchev–Trinajstić information content (AvgIpc) is 3.73. The predicted molar refractivity (Wildman–Crippen MR) is 308 cm³/mol. The molecule has 11 aromatic carbocycles. The Bertz CT molecular complexity index is 4170. The van der Waals surface area contributed by atoms with Gasteiger partial charge in [0.15, 0.2) is 0 Å². The zero-order valence-electron chi connectivity index (χ0n) is 38.2. The number of rotatable bonds is 4. The number of furan rings is 1. The van der Waals surface area contributed by atoms with Crippen LogP contribution in [0.5, 0.6) is 0 Å². The van der Waals surface area contributed by atoms with Crippen molar-refractivity contribution in [3.8, 4) is 22.3 Å². The number of hydrogen-bond acceptors (Lipinski definition) is 1. The average molecular weight is 803 g/mol. The Balaban J connectivity index is 1.17. The van der Waals surface area contributed by atoms with E-state index < -0.39 is 0 Å². The maximum atomic E-state index is 7.15. The molecule has 0 atom stereocenters. The Morgan fingerprint density at radius 3 is 1.45 bits per heavy atom. The van der Waals surface area contributed by atoms with Gasteiger partial charge in [0.1, 0.15) is 0 Å². The molecule has 10 heteroatoms. The second kappa shape index (κ2) is 14.0. The monoisotopic (exact) mass is 804 g/mol. The van der Waals surface area contributed by atoms with E-state index in [2.05, 4.69) is 197 Å². The molecule has 0 saturated heterocycles. The van der Waals surface area contributed by atoms with Gasteiger partial charge in [-0.25, -0.2) is 0 Å². The summed E-state index contributed by atoms with van der Waals surface area (Å²) in [7, 11) is 23.1. The Kier molecular flexibility index (Phi) is 8.55. The molecule has 1 aromatic heterocycles. The first kappa shape index (κ1) is 39.1. The third-order valence-electron chi connectivity index (χ3n) is 15.4. The van der Waals surface area contributed by atoms with Crippen molar-refractivity contribution in [1.82, 2.24) is 0 Å². The summed E-state index contributed by atoms with van der Waals surface area (Å²) in [4.78, 5) is 0. The van der Waals surface area contributed by atoms with Gasteiger partial charge in [0.2, 0.25) is 0 Å². The molecule has 0 spiro atoms. The molecule has 0 amide bonds. The third-order valence-corrected chi connectivity index (χ3v) is 15.4. The van der Waals surface area contributed by atoms with E-state index in [0.29, 0.717) is 0 Å². The summed E-state index contributed by atoms with van der Waals surface area (Å²) in [6, 6.07) is 48.0. The van der Waals surface area contributed by atoms with Gasteiger partial charge in [-0.1, -0.05) is 0 Å². The molecular formula is C54H41B9O. The fraction of sp³-hybridized carbons (Fsp3) is 0.0185. The van der Waals surface area contributed by atoms with Crippen LogP contribution in [0.2, 0.25) is 0 Å². The first-order valence-electron chi connectivity index (χ1n) is 22.7. The van der Waals surface area contributed by atoms with Gasteiger partial charge in [-0.15, -0.1) is 0 Å². The van der Waals surface area contributed by atoms with Gasteiger partial charge in [0, 0.05) is 0 Å². The van der Waals surface area contributed by atoms with Gasteiger partial charge in [-0.05, 0) is 0 Å². The second-order valence-corrected chi connectivity index (χ2v) is 18.8. The van der Waals surface area contributed by atoms with Crippen LogP contribution in [0, 0.1) is 0 Å². The normalized spacial score (nSPS) is 13.2. The zero-order valence-corrected chi connectivity index (χ0v) is 38.2. The maximum absolute atomic E-state index is 7.15. The van der Waals surface area contributed by atoms with Gasteiger partial charge in [0.25, 0.3) is 0 Å². The van der Waals surface area contributed by atoms with Gasteiger partial charge in [-0.3, -0.25) is 0 Å². The van der Waals surface area contributed by atoms with Crippen LogP contribution < -0.4 is 43.4 Å². The van der Waals surface area contributed by atoms with E-state index >= 15 is 0 Å². The summed E-state index contributed by atoms with van der Waals surface area (Å²) in [5, 5.41) is 20.3. The van der Waals surface area contributed by atoms with Crippen LogP contribution in [-0.4, -0.2) is 75.7 Å². The fourth-order valence-corrected chi connectivity index (χ4v) is 11.6. The molecule has 0 fully saturated rings. The molecule has 64 heavy (non-hydrogen) atoms. The first-order valence-corrected chi connectivity index (χ1v) is 22.7. The van der Waals surface area contributed by atoms with Crippen LogP contribution in [-0.2, 0) is 0 Å². The predicted octanol–water partition coefficient (Wildman–Crippen LogP) is -0.111. The molecule has 1 nitrogen and oxygen atoms in total. The van der Waals surface area contributed by atoms with Crippen molar-refractivity contribution in [3.05, 3.63) is 144 Å². The van der Waals surface area contributed by atoms with Crippen molar-refractivity contribution in [2.24, 2.45) is 0 Å². The Morgan fingerprint density at radius 1 is 0.438 bits per heavy atom. The number of fused-ring (bicyclic) bond motifs is 3. The number of hydrogen-bond donors (Lipinski definition) is 0. The van der Waals surface area contributed by atoms with E-state index in [4.69, 9.17) is 11.9 Å². The quantitative estimate of drug-likeness (QED) is 0.179. The molecule has 12 rings (SSSR count). The first-order chi connectivity index (χ1) is 30.9. The Morgan fingerprint density at radius 2 is 0.891 bits per heavy atom. The molecular weight excluding hydrogens is 762 g/mol. The van der Waals surface area contributed by atoms with Crippen LogP contribution in [0.3, 0.4) is 0 Å². The third kappa shape index (κ3) is 5.29. The second-order valence-electron chi connectivity index (χ2n) is 18.8. The summed E-state index contributed by atoms with van der Waals surface area (Å²) < 4.78 is 7.15. The van der Waals surface area contributed by atoms with Crippen LogP contribution in [0.15, 0.2) is 132 Å². The van der Waals surface area contributed by atoms with Crippen LogP contribution in [0.1, 0.15) is 12.5 Å². The SMILES string of the molecule is B=C(/C(B)=c1\c(=C(\B)C)oc2c1c(B)c(B)c1c(B)c(B)c(B)c(B)c12)c1ccc(-c2ccc3ccc4cccc5ccc2c3c45)cc1-c1ccc2ccc3cccc4ccc1c2c34. The number of benzene rings is 11. The van der Waals surface area contributed by atoms with E-state index in [1.807, 2.05) is 0 Å². The van der Waals surface area contributed by atoms with Crippen LogP contribution >= 0.6 is 0 Å². The van der Waals surface area contributed by atoms with Crippen molar-refractivity contribution in [2.75, 3.05) is 0 Å². The molecule has 0 aliphatic carbocycles. The van der Waals surface area contributed by atoms with Crippen molar-refractivity contribution in [1.29, 1.82) is 0 Å². The molecule has 0 unspecified atom stereocenters. The van der Waals surface area contributed by atoms with E-state index in [-0.39, 0.29) is 0 Å². The Labute approximate surface area is 381 Å². The molecule has 0 N–H and O–H groups in total. The topological polar surface area (TPSA) is 13.1 Å². The molecule has 0 radical (unpaired) electrons. The molecule has 1 heterocycles. The van der Waals surface area contributed by atoms with Crippen molar-refractivity contribution in [2.45, 2.75) is 6.92 Å². The van der Waals surface area contributed by atoms with Crippen molar-refractivity contribution >= 4 is 206 Å². The van der Waals surface area contributed by atoms with E-state index in [1.165, 1.54) is 136 Å².